The average molecular weight is 341 g/mol. The molecule has 1 atom stereocenters. The molecular formula is C18H23N5O2. The van der Waals surface area contributed by atoms with Crippen molar-refractivity contribution in [1.29, 1.82) is 0 Å². The first-order valence-corrected chi connectivity index (χ1v) is 8.72. The number of fused-ring (bicyclic) bond motifs is 1. The van der Waals surface area contributed by atoms with Crippen molar-refractivity contribution < 1.29 is 9.90 Å². The molecule has 0 saturated carbocycles. The second-order valence-corrected chi connectivity index (χ2v) is 7.06. The molecule has 1 fully saturated rings. The minimum atomic E-state index is -0.578. The SMILES string of the molecule is CC(O)c1cn(C2CN(Cc3ccc4c(c3)CCC(=O)N4C)C2)nn1. The molecule has 2 aliphatic heterocycles. The van der Waals surface area contributed by atoms with Gasteiger partial charge >= 0.3 is 0 Å². The first-order valence-electron chi connectivity index (χ1n) is 8.72. The van der Waals surface area contributed by atoms with E-state index >= 15 is 0 Å². The third-order valence-corrected chi connectivity index (χ3v) is 5.16. The molecule has 1 saturated heterocycles. The lowest BCUT2D eigenvalue weighted by atomic mass is 9.98. The second kappa shape index (κ2) is 6.24. The highest BCUT2D eigenvalue weighted by Gasteiger charge is 2.30. The summed E-state index contributed by atoms with van der Waals surface area (Å²) in [5.74, 6) is 0.190. The molecule has 1 aromatic heterocycles. The van der Waals surface area contributed by atoms with Crippen molar-refractivity contribution in [3.8, 4) is 0 Å². The van der Waals surface area contributed by atoms with Crippen LogP contribution in [0.1, 0.15) is 42.3 Å². The van der Waals surface area contributed by atoms with Crippen LogP contribution in [0.2, 0.25) is 0 Å². The Morgan fingerprint density at radius 1 is 1.32 bits per heavy atom. The fourth-order valence-corrected chi connectivity index (χ4v) is 3.57. The van der Waals surface area contributed by atoms with Crippen molar-refractivity contribution in [2.75, 3.05) is 25.0 Å². The van der Waals surface area contributed by atoms with Crippen LogP contribution in [0.5, 0.6) is 0 Å². The minimum absolute atomic E-state index is 0.190. The molecule has 2 aromatic rings. The molecule has 0 aliphatic carbocycles. The van der Waals surface area contributed by atoms with E-state index in [0.29, 0.717) is 18.2 Å². The molecule has 132 valence electrons. The van der Waals surface area contributed by atoms with Crippen LogP contribution in [0.3, 0.4) is 0 Å². The maximum Gasteiger partial charge on any atom is 0.227 e. The number of aryl methyl sites for hydroxylation is 1. The number of carbonyl (C=O) groups excluding carboxylic acids is 1. The fourth-order valence-electron chi connectivity index (χ4n) is 3.57. The summed E-state index contributed by atoms with van der Waals surface area (Å²) in [6, 6.07) is 6.72. The lowest BCUT2D eigenvalue weighted by molar-refractivity contribution is -0.118. The number of amides is 1. The van der Waals surface area contributed by atoms with Crippen LogP contribution in [-0.2, 0) is 17.8 Å². The topological polar surface area (TPSA) is 74.5 Å². The van der Waals surface area contributed by atoms with E-state index in [0.717, 1.165) is 31.7 Å². The predicted octanol–water partition coefficient (Wildman–Crippen LogP) is 1.30. The van der Waals surface area contributed by atoms with Gasteiger partial charge in [0.25, 0.3) is 0 Å². The third kappa shape index (κ3) is 3.05. The molecule has 1 aromatic carbocycles. The second-order valence-electron chi connectivity index (χ2n) is 7.06. The zero-order valence-electron chi connectivity index (χ0n) is 14.6. The van der Waals surface area contributed by atoms with Gasteiger partial charge in [-0.3, -0.25) is 9.69 Å². The summed E-state index contributed by atoms with van der Waals surface area (Å²) in [6.07, 6.45) is 2.68. The highest BCUT2D eigenvalue weighted by molar-refractivity contribution is 5.95. The Morgan fingerprint density at radius 3 is 2.84 bits per heavy atom. The number of hydrogen-bond acceptors (Lipinski definition) is 5. The van der Waals surface area contributed by atoms with Crippen molar-refractivity contribution >= 4 is 11.6 Å². The molecule has 7 heteroatoms. The van der Waals surface area contributed by atoms with Crippen molar-refractivity contribution in [2.45, 2.75) is 38.5 Å². The van der Waals surface area contributed by atoms with Gasteiger partial charge in [-0.2, -0.15) is 0 Å². The molecular weight excluding hydrogens is 318 g/mol. The Hall–Kier alpha value is -2.25. The summed E-state index contributed by atoms with van der Waals surface area (Å²) >= 11 is 0. The number of benzene rings is 1. The monoisotopic (exact) mass is 341 g/mol. The number of aliphatic hydroxyl groups excluding tert-OH is 1. The van der Waals surface area contributed by atoms with E-state index in [1.54, 1.807) is 11.8 Å². The van der Waals surface area contributed by atoms with Crippen LogP contribution in [0, 0.1) is 0 Å². The molecule has 1 amide bonds. The molecule has 0 spiro atoms. The van der Waals surface area contributed by atoms with Crippen LogP contribution in [0.4, 0.5) is 5.69 Å². The normalized spacial score (nSPS) is 19.6. The summed E-state index contributed by atoms with van der Waals surface area (Å²) in [7, 11) is 1.85. The predicted molar refractivity (Wildman–Crippen MR) is 93.1 cm³/mol. The first-order chi connectivity index (χ1) is 12.0. The molecule has 0 radical (unpaired) electrons. The molecule has 1 unspecified atom stereocenters. The molecule has 3 heterocycles. The van der Waals surface area contributed by atoms with Crippen LogP contribution in [-0.4, -0.2) is 51.0 Å². The Kier molecular flexibility index (Phi) is 4.05. The van der Waals surface area contributed by atoms with Crippen molar-refractivity contribution in [3.63, 3.8) is 0 Å². The van der Waals surface area contributed by atoms with E-state index in [2.05, 4.69) is 33.4 Å². The van der Waals surface area contributed by atoms with Crippen molar-refractivity contribution in [2.24, 2.45) is 0 Å². The van der Waals surface area contributed by atoms with Gasteiger partial charge in [-0.15, -0.1) is 5.10 Å². The van der Waals surface area contributed by atoms with Crippen LogP contribution >= 0.6 is 0 Å². The van der Waals surface area contributed by atoms with Gasteiger partial charge in [-0.05, 0) is 30.5 Å². The quantitative estimate of drug-likeness (QED) is 0.907. The van der Waals surface area contributed by atoms with E-state index in [1.165, 1.54) is 11.1 Å². The third-order valence-electron chi connectivity index (χ3n) is 5.16. The lowest BCUT2D eigenvalue weighted by Gasteiger charge is -2.39. The summed E-state index contributed by atoms with van der Waals surface area (Å²) in [5, 5.41) is 17.7. The highest BCUT2D eigenvalue weighted by Crippen LogP contribution is 2.29. The van der Waals surface area contributed by atoms with Gasteiger partial charge in [0, 0.05) is 38.8 Å². The van der Waals surface area contributed by atoms with Gasteiger partial charge in [-0.1, -0.05) is 17.3 Å². The molecule has 4 rings (SSSR count). The molecule has 0 bridgehead atoms. The number of hydrogen-bond donors (Lipinski definition) is 1. The zero-order valence-corrected chi connectivity index (χ0v) is 14.6. The number of aliphatic hydroxyl groups is 1. The summed E-state index contributed by atoms with van der Waals surface area (Å²) in [6.45, 7) is 4.46. The van der Waals surface area contributed by atoms with Gasteiger partial charge in [0.15, 0.2) is 0 Å². The Labute approximate surface area is 146 Å². The van der Waals surface area contributed by atoms with Crippen molar-refractivity contribution in [3.05, 3.63) is 41.2 Å². The number of carbonyl (C=O) groups is 1. The summed E-state index contributed by atoms with van der Waals surface area (Å²) in [5.41, 5.74) is 4.19. The molecule has 7 nitrogen and oxygen atoms in total. The molecule has 1 N–H and O–H groups in total. The number of anilines is 1. The maximum absolute atomic E-state index is 11.8. The molecule has 2 aliphatic rings. The van der Waals surface area contributed by atoms with Gasteiger partial charge in [0.1, 0.15) is 5.69 Å². The lowest BCUT2D eigenvalue weighted by Crippen LogP contribution is -2.47. The highest BCUT2D eigenvalue weighted by atomic mass is 16.3. The number of likely N-dealkylation sites (tertiary alicyclic amines) is 1. The van der Waals surface area contributed by atoms with E-state index in [4.69, 9.17) is 0 Å². The Balaban J connectivity index is 1.37. The van der Waals surface area contributed by atoms with E-state index in [1.807, 2.05) is 17.9 Å². The fraction of sp³-hybridized carbons (Fsp3) is 0.500. The summed E-state index contributed by atoms with van der Waals surface area (Å²) < 4.78 is 1.85. The Bertz CT molecular complexity index is 795. The number of nitrogens with zero attached hydrogens (tertiary/aromatic N) is 5. The van der Waals surface area contributed by atoms with E-state index in [-0.39, 0.29) is 5.91 Å². The van der Waals surface area contributed by atoms with Gasteiger partial charge < -0.3 is 10.0 Å². The Morgan fingerprint density at radius 2 is 2.12 bits per heavy atom. The first kappa shape index (κ1) is 16.2. The van der Waals surface area contributed by atoms with Crippen LogP contribution in [0.25, 0.3) is 0 Å². The van der Waals surface area contributed by atoms with Crippen molar-refractivity contribution in [1.82, 2.24) is 19.9 Å². The number of aromatic nitrogens is 3. The van der Waals surface area contributed by atoms with Gasteiger partial charge in [-0.25, -0.2) is 4.68 Å². The molecule has 25 heavy (non-hydrogen) atoms. The maximum atomic E-state index is 11.8. The van der Waals surface area contributed by atoms with Crippen LogP contribution in [0.15, 0.2) is 24.4 Å². The van der Waals surface area contributed by atoms with Gasteiger partial charge in [0.05, 0.1) is 18.3 Å². The summed E-state index contributed by atoms with van der Waals surface area (Å²) in [4.78, 5) is 15.9. The van der Waals surface area contributed by atoms with E-state index < -0.39 is 6.10 Å². The standard InChI is InChI=1S/C18H23N5O2/c1-12(24)16-11-23(20-19-16)15-9-22(10-15)8-13-3-5-17-14(7-13)4-6-18(25)21(17)2/h3,5,7,11-12,15,24H,4,6,8-10H2,1-2H3. The number of rotatable bonds is 4. The minimum Gasteiger partial charge on any atom is -0.387 e. The van der Waals surface area contributed by atoms with E-state index in [9.17, 15) is 9.90 Å². The largest absolute Gasteiger partial charge is 0.387 e. The zero-order chi connectivity index (χ0) is 17.6. The van der Waals surface area contributed by atoms with Crippen LogP contribution < -0.4 is 4.90 Å². The smallest absolute Gasteiger partial charge is 0.227 e. The van der Waals surface area contributed by atoms with Gasteiger partial charge in [0.2, 0.25) is 5.91 Å². The average Bonchev–Trinajstić information content (AvgIpc) is 3.04.